The molecule has 8 saturated carbocycles. The predicted octanol–water partition coefficient (Wildman–Crippen LogP) is 11.2. The summed E-state index contributed by atoms with van der Waals surface area (Å²) < 4.78 is 0. The third kappa shape index (κ3) is 5.21. The van der Waals surface area contributed by atoms with E-state index in [1.165, 1.54) is 92.8 Å². The lowest BCUT2D eigenvalue weighted by atomic mass is 9.43. The highest BCUT2D eigenvalue weighted by Gasteiger charge is 2.62. The van der Waals surface area contributed by atoms with Crippen LogP contribution in [0.25, 0.3) is 22.3 Å². The van der Waals surface area contributed by atoms with E-state index in [9.17, 15) is 0 Å². The van der Waals surface area contributed by atoms with E-state index in [0.29, 0.717) is 10.8 Å². The van der Waals surface area contributed by atoms with Gasteiger partial charge in [-0.2, -0.15) is 0 Å². The van der Waals surface area contributed by atoms with Crippen LogP contribution in [0.3, 0.4) is 0 Å². The second-order valence-electron chi connectivity index (χ2n) is 17.0. The maximum absolute atomic E-state index is 4.64. The number of hydrogen-bond donors (Lipinski definition) is 2. The second-order valence-corrected chi connectivity index (χ2v) is 17.0. The van der Waals surface area contributed by atoms with Crippen LogP contribution in [0.2, 0.25) is 0 Å². The monoisotopic (exact) mass is 716 g/mol. The molecule has 51 heavy (non-hydrogen) atoms. The molecule has 0 saturated heterocycles. The van der Waals surface area contributed by atoms with Crippen molar-refractivity contribution in [3.8, 4) is 22.3 Å². The minimum atomic E-state index is 0.362. The van der Waals surface area contributed by atoms with Gasteiger partial charge in [0.05, 0.1) is 0 Å². The molecule has 10 aliphatic rings. The fourth-order valence-corrected chi connectivity index (χ4v) is 14.2. The summed E-state index contributed by atoms with van der Waals surface area (Å²) in [7, 11) is 5.67. The number of nitrogens with one attached hydrogen (secondary N) is 1. The first-order valence-corrected chi connectivity index (χ1v) is 21.3. The number of alkyl halides is 1. The van der Waals surface area contributed by atoms with Crippen molar-refractivity contribution in [2.45, 2.75) is 75.0 Å². The first kappa shape index (κ1) is 35.5. The van der Waals surface area contributed by atoms with E-state index in [2.05, 4.69) is 119 Å². The third-order valence-corrected chi connectivity index (χ3v) is 14.9. The van der Waals surface area contributed by atoms with Gasteiger partial charge in [-0.1, -0.05) is 106 Å². The molecule has 8 fully saturated rings. The molecular formula is C47H58ClN2P. The zero-order valence-electron chi connectivity index (χ0n) is 31.0. The fraction of sp³-hybridized carbons (Fsp3) is 0.489. The Labute approximate surface area is 315 Å². The SMILES string of the molecule is CCl.CNC.NP.c1ccc2c(c1)-c1ccccc1C21C2CC3CC(C2)CC1C3.c1ccc2c(c1)-c1ccccc1C21C2CC3CC(C2)CC1C3. The molecule has 1 atom stereocenters. The second kappa shape index (κ2) is 14.4. The van der Waals surface area contributed by atoms with Gasteiger partial charge < -0.3 is 10.8 Å². The average Bonchev–Trinajstić information content (AvgIpc) is 3.64. The van der Waals surface area contributed by atoms with Gasteiger partial charge in [-0.15, -0.1) is 11.6 Å². The smallest absolute Gasteiger partial charge is 0.0271 e. The third-order valence-electron chi connectivity index (χ3n) is 14.9. The summed E-state index contributed by atoms with van der Waals surface area (Å²) >= 11 is 4.64. The summed E-state index contributed by atoms with van der Waals surface area (Å²) in [5.74, 6) is 7.73. The van der Waals surface area contributed by atoms with Crippen molar-refractivity contribution < 1.29 is 0 Å². The van der Waals surface area contributed by atoms with E-state index < -0.39 is 0 Å². The van der Waals surface area contributed by atoms with Gasteiger partial charge in [0.1, 0.15) is 0 Å². The summed E-state index contributed by atoms with van der Waals surface area (Å²) in [5.41, 5.74) is 18.0. The zero-order chi connectivity index (χ0) is 35.3. The Balaban J connectivity index is 0.000000125. The quantitative estimate of drug-likeness (QED) is 0.140. The Morgan fingerprint density at radius 2 is 0.627 bits per heavy atom. The summed E-state index contributed by atoms with van der Waals surface area (Å²) in [6.45, 7) is 0. The molecule has 0 aromatic heterocycles. The molecule has 4 aromatic rings. The van der Waals surface area contributed by atoms with Gasteiger partial charge in [-0.3, -0.25) is 0 Å². The number of hydrogen-bond acceptors (Lipinski definition) is 2. The molecule has 2 nitrogen and oxygen atoms in total. The number of benzene rings is 4. The van der Waals surface area contributed by atoms with Crippen LogP contribution in [0.5, 0.6) is 0 Å². The minimum absolute atomic E-state index is 0.362. The van der Waals surface area contributed by atoms with Crippen LogP contribution in [0.4, 0.5) is 0 Å². The summed E-state index contributed by atoms with van der Waals surface area (Å²) in [4.78, 5) is 0. The first-order chi connectivity index (χ1) is 25.2. The molecule has 0 amide bonds. The van der Waals surface area contributed by atoms with Crippen molar-refractivity contribution in [2.24, 2.45) is 52.8 Å². The number of halogens is 1. The van der Waals surface area contributed by atoms with Crippen molar-refractivity contribution in [1.29, 1.82) is 0 Å². The molecule has 8 bridgehead atoms. The van der Waals surface area contributed by atoms with Crippen LogP contribution in [-0.2, 0) is 10.8 Å². The molecule has 0 heterocycles. The number of rotatable bonds is 0. The molecule has 0 radical (unpaired) electrons. The number of nitrogens with two attached hydrogens (primary N) is 1. The highest BCUT2D eigenvalue weighted by atomic mass is 35.5. The lowest BCUT2D eigenvalue weighted by Crippen LogP contribution is -2.55. The van der Waals surface area contributed by atoms with Crippen LogP contribution in [0.15, 0.2) is 97.1 Å². The van der Waals surface area contributed by atoms with Crippen molar-refractivity contribution in [1.82, 2.24) is 5.32 Å². The Kier molecular flexibility index (Phi) is 10.0. The van der Waals surface area contributed by atoms with Gasteiger partial charge in [0, 0.05) is 17.2 Å². The van der Waals surface area contributed by atoms with Gasteiger partial charge >= 0.3 is 0 Å². The van der Waals surface area contributed by atoms with Crippen LogP contribution < -0.4 is 10.8 Å². The maximum Gasteiger partial charge on any atom is 0.0271 e. The van der Waals surface area contributed by atoms with E-state index in [1.54, 1.807) is 22.3 Å². The van der Waals surface area contributed by atoms with Crippen molar-refractivity contribution >= 4 is 21.0 Å². The molecule has 4 heteroatoms. The van der Waals surface area contributed by atoms with Crippen molar-refractivity contribution in [2.75, 3.05) is 20.5 Å². The van der Waals surface area contributed by atoms with Gasteiger partial charge in [-0.05, 0) is 170 Å². The van der Waals surface area contributed by atoms with Gasteiger partial charge in [0.15, 0.2) is 0 Å². The van der Waals surface area contributed by atoms with Gasteiger partial charge in [-0.25, -0.2) is 0 Å². The van der Waals surface area contributed by atoms with E-state index >= 15 is 0 Å². The lowest BCUT2D eigenvalue weighted by Gasteiger charge is -2.61. The van der Waals surface area contributed by atoms with E-state index in [-0.39, 0.29) is 0 Å². The predicted molar refractivity (Wildman–Crippen MR) is 220 cm³/mol. The molecule has 14 rings (SSSR count). The maximum atomic E-state index is 4.64. The standard InChI is InChI=1S/2C22H22.C2H7N.CH3Cl.H4NP/c2*1-3-7-20-18(5-1)19-6-2-4-8-21(19)22(20)16-10-14-9-15(12-16)13-17(22)11-14;1-3-2;2*1-2/h2*1-8,14-17H,9-13H2;3H,1-2H3;1H3;1-2H2. The highest BCUT2D eigenvalue weighted by Crippen LogP contribution is 2.70. The first-order valence-electron chi connectivity index (χ1n) is 19.8. The molecule has 10 aliphatic carbocycles. The van der Waals surface area contributed by atoms with Crippen LogP contribution in [0, 0.1) is 47.3 Å². The molecule has 1 unspecified atom stereocenters. The van der Waals surface area contributed by atoms with E-state index in [1.807, 2.05) is 23.5 Å². The molecule has 3 N–H and O–H groups in total. The van der Waals surface area contributed by atoms with Crippen molar-refractivity contribution in [3.05, 3.63) is 119 Å². The zero-order valence-corrected chi connectivity index (χ0v) is 32.9. The summed E-state index contributed by atoms with van der Waals surface area (Å²) in [5, 5.41) is 2.75. The van der Waals surface area contributed by atoms with Crippen LogP contribution in [0.1, 0.15) is 86.5 Å². The normalized spacial score (nSPS) is 31.3. The highest BCUT2D eigenvalue weighted by molar-refractivity contribution is 7.13. The minimum Gasteiger partial charge on any atom is -0.323 e. The van der Waals surface area contributed by atoms with E-state index in [0.717, 1.165) is 47.3 Å². The Bertz CT molecular complexity index is 1560. The summed E-state index contributed by atoms with van der Waals surface area (Å²) in [6.07, 6.45) is 16.4. The molecule has 2 spiro atoms. The Morgan fingerprint density at radius 3 is 0.843 bits per heavy atom. The van der Waals surface area contributed by atoms with Crippen LogP contribution in [-0.4, -0.2) is 20.5 Å². The van der Waals surface area contributed by atoms with Crippen LogP contribution >= 0.6 is 21.0 Å². The Morgan fingerprint density at radius 1 is 0.431 bits per heavy atom. The Hall–Kier alpha value is -2.48. The van der Waals surface area contributed by atoms with Gasteiger partial charge in [0.25, 0.3) is 0 Å². The average molecular weight is 717 g/mol. The molecule has 268 valence electrons. The molecular weight excluding hydrogens is 659 g/mol. The van der Waals surface area contributed by atoms with Gasteiger partial charge in [0.2, 0.25) is 0 Å². The summed E-state index contributed by atoms with van der Waals surface area (Å²) in [6, 6.07) is 37.3. The topological polar surface area (TPSA) is 38.0 Å². The fourth-order valence-electron chi connectivity index (χ4n) is 14.2. The largest absolute Gasteiger partial charge is 0.323 e. The number of fused-ring (bicyclic) bond motifs is 6. The lowest BCUT2D eigenvalue weighted by molar-refractivity contribution is -0.0399. The van der Waals surface area contributed by atoms with Crippen molar-refractivity contribution in [3.63, 3.8) is 0 Å². The molecule has 0 aliphatic heterocycles. The van der Waals surface area contributed by atoms with E-state index in [4.69, 9.17) is 0 Å². The molecule has 4 aromatic carbocycles.